The first-order valence-electron chi connectivity index (χ1n) is 23.8. The highest BCUT2D eigenvalue weighted by Gasteiger charge is 2.62. The maximum absolute atomic E-state index is 14.9. The van der Waals surface area contributed by atoms with Gasteiger partial charge in [0.25, 0.3) is 0 Å². The molecule has 0 amide bonds. The van der Waals surface area contributed by atoms with Crippen LogP contribution in [0.3, 0.4) is 0 Å². The maximum Gasteiger partial charge on any atom is 0.530 e. The van der Waals surface area contributed by atoms with E-state index in [1.54, 1.807) is 28.8 Å². The zero-order valence-corrected chi connectivity index (χ0v) is 40.2. The molecule has 4 aromatic rings. The predicted octanol–water partition coefficient (Wildman–Crippen LogP) is 12.7. The average Bonchev–Trinajstić information content (AvgIpc) is 3.93. The van der Waals surface area contributed by atoms with Crippen molar-refractivity contribution in [1.82, 2.24) is 14.6 Å². The number of anilines is 2. The minimum absolute atomic E-state index is 0.0565. The Labute approximate surface area is 386 Å². The summed E-state index contributed by atoms with van der Waals surface area (Å²) in [6, 6.07) is 18.1. The number of fused-ring (bicyclic) bond motifs is 2. The molecular weight excluding hydrogens is 853 g/mol. The Bertz CT molecular complexity index is 2070. The number of phosphoric ester groups is 1. The van der Waals surface area contributed by atoms with E-state index in [4.69, 9.17) is 55.6 Å². The van der Waals surface area contributed by atoms with Crippen LogP contribution >= 0.6 is 19.4 Å². The molecule has 64 heavy (non-hydrogen) atoms. The standard InChI is InChI=1S/C49H73ClN5O8P/c1-5-6-7-8-9-10-11-12-13-14-15-16-17-18-19-20-21-27-39(57-33-37-25-24-26-38(51)32-37)34-58-64(56,63-43-29-23-22-28-40(43)50)59-35-49(4)46-45(60-48(2,3)62-46)44(61-49)41-30-31-42-47(52)53-36-54-55(41)42/h22-26,28-32,36,39,44-46H,5-21,27,33-35,51H2,1-4H3,(H2,52,53,54)/t39-,44+,45+,46+,49-,64?/m1/s1. The van der Waals surface area contributed by atoms with Crippen LogP contribution in [0.25, 0.3) is 5.52 Å². The molecule has 1 unspecified atom stereocenters. The number of para-hydroxylation sites is 1. The van der Waals surface area contributed by atoms with Crippen molar-refractivity contribution < 1.29 is 37.1 Å². The second kappa shape index (κ2) is 24.5. The monoisotopic (exact) mass is 925 g/mol. The average molecular weight is 927 g/mol. The number of nitrogens with two attached hydrogens (primary N) is 2. The van der Waals surface area contributed by atoms with E-state index in [9.17, 15) is 4.57 Å². The van der Waals surface area contributed by atoms with E-state index in [1.165, 1.54) is 96.2 Å². The third kappa shape index (κ3) is 14.6. The highest BCUT2D eigenvalue weighted by atomic mass is 35.5. The van der Waals surface area contributed by atoms with Crippen LogP contribution < -0.4 is 16.0 Å². The number of hydrogen-bond donors (Lipinski definition) is 2. The van der Waals surface area contributed by atoms with Crippen LogP contribution in [0, 0.1) is 0 Å². The minimum atomic E-state index is -4.40. The molecule has 0 aliphatic carbocycles. The van der Waals surface area contributed by atoms with Gasteiger partial charge in [-0.1, -0.05) is 152 Å². The molecule has 6 rings (SSSR count). The zero-order valence-electron chi connectivity index (χ0n) is 38.6. The summed E-state index contributed by atoms with van der Waals surface area (Å²) in [5.74, 6) is -0.445. The van der Waals surface area contributed by atoms with Crippen molar-refractivity contribution in [3.63, 3.8) is 0 Å². The van der Waals surface area contributed by atoms with Gasteiger partial charge in [-0.05, 0) is 69.2 Å². The fourth-order valence-corrected chi connectivity index (χ4v) is 10.3. The largest absolute Gasteiger partial charge is 0.530 e. The smallest absolute Gasteiger partial charge is 0.402 e. The lowest BCUT2D eigenvalue weighted by atomic mass is 9.97. The first kappa shape index (κ1) is 50.2. The molecule has 2 aromatic heterocycles. The minimum Gasteiger partial charge on any atom is -0.402 e. The van der Waals surface area contributed by atoms with Gasteiger partial charge in [-0.25, -0.2) is 14.1 Å². The lowest BCUT2D eigenvalue weighted by Gasteiger charge is -2.32. The summed E-state index contributed by atoms with van der Waals surface area (Å²) in [6.07, 6.45) is 21.9. The van der Waals surface area contributed by atoms with Crippen molar-refractivity contribution in [3.05, 3.63) is 83.3 Å². The summed E-state index contributed by atoms with van der Waals surface area (Å²) in [7, 11) is -4.40. The predicted molar refractivity (Wildman–Crippen MR) is 253 cm³/mol. The summed E-state index contributed by atoms with van der Waals surface area (Å²) in [6.45, 7) is 7.82. The summed E-state index contributed by atoms with van der Waals surface area (Å²) >= 11 is 6.53. The number of rotatable bonds is 30. The van der Waals surface area contributed by atoms with Crippen molar-refractivity contribution in [2.75, 3.05) is 24.7 Å². The van der Waals surface area contributed by atoms with Crippen LogP contribution in [0.1, 0.15) is 161 Å². The van der Waals surface area contributed by atoms with Crippen molar-refractivity contribution >= 4 is 36.4 Å². The van der Waals surface area contributed by atoms with E-state index >= 15 is 0 Å². The van der Waals surface area contributed by atoms with Crippen molar-refractivity contribution in [2.24, 2.45) is 0 Å². The zero-order chi connectivity index (χ0) is 45.4. The number of halogens is 1. The molecule has 0 radical (unpaired) electrons. The Morgan fingerprint density at radius 2 is 1.45 bits per heavy atom. The summed E-state index contributed by atoms with van der Waals surface area (Å²) in [5, 5.41) is 4.69. The number of aromatic nitrogens is 3. The van der Waals surface area contributed by atoms with E-state index in [-0.39, 0.29) is 24.0 Å². The number of unbranched alkanes of at least 4 members (excludes halogenated alkanes) is 16. The van der Waals surface area contributed by atoms with Crippen LogP contribution in [0.5, 0.6) is 5.75 Å². The highest BCUT2D eigenvalue weighted by molar-refractivity contribution is 7.49. The summed E-state index contributed by atoms with van der Waals surface area (Å²) < 4.78 is 61.2. The van der Waals surface area contributed by atoms with Gasteiger partial charge in [0.1, 0.15) is 41.5 Å². The first-order valence-corrected chi connectivity index (χ1v) is 25.6. The van der Waals surface area contributed by atoms with Crippen LogP contribution in [0.2, 0.25) is 5.02 Å². The third-order valence-corrected chi connectivity index (χ3v) is 13.9. The van der Waals surface area contributed by atoms with Gasteiger partial charge in [0.15, 0.2) is 11.6 Å². The molecule has 4 N–H and O–H groups in total. The van der Waals surface area contributed by atoms with Crippen molar-refractivity contribution in [2.45, 2.75) is 186 Å². The molecule has 13 nitrogen and oxygen atoms in total. The molecule has 2 aliphatic heterocycles. The Kier molecular flexibility index (Phi) is 19.2. The molecule has 4 heterocycles. The van der Waals surface area contributed by atoms with Crippen LogP contribution in [-0.2, 0) is 39.2 Å². The molecule has 0 bridgehead atoms. The van der Waals surface area contributed by atoms with E-state index in [2.05, 4.69) is 17.0 Å². The second-order valence-electron chi connectivity index (χ2n) is 18.2. The summed E-state index contributed by atoms with van der Waals surface area (Å²) in [5.41, 5.74) is 14.0. The van der Waals surface area contributed by atoms with Gasteiger partial charge < -0.3 is 34.9 Å². The van der Waals surface area contributed by atoms with Crippen LogP contribution in [0.15, 0.2) is 67.0 Å². The van der Waals surface area contributed by atoms with Crippen LogP contribution in [0.4, 0.5) is 11.5 Å². The fourth-order valence-electron chi connectivity index (χ4n) is 8.76. The van der Waals surface area contributed by atoms with Gasteiger partial charge in [0.05, 0.1) is 36.6 Å². The van der Waals surface area contributed by atoms with E-state index in [1.807, 2.05) is 57.2 Å². The molecule has 15 heteroatoms. The number of nitrogens with zero attached hydrogens (tertiary/aromatic N) is 3. The number of hydrogen-bond acceptors (Lipinski definition) is 12. The van der Waals surface area contributed by atoms with Gasteiger partial charge in [-0.2, -0.15) is 5.10 Å². The Morgan fingerprint density at radius 3 is 2.11 bits per heavy atom. The van der Waals surface area contributed by atoms with E-state index < -0.39 is 43.6 Å². The number of benzene rings is 2. The molecule has 0 spiro atoms. The van der Waals surface area contributed by atoms with Crippen molar-refractivity contribution in [3.8, 4) is 5.75 Å². The quantitative estimate of drug-likeness (QED) is 0.0289. The van der Waals surface area contributed by atoms with E-state index in [0.29, 0.717) is 35.7 Å². The molecule has 2 fully saturated rings. The Hall–Kier alpha value is -3.26. The maximum atomic E-state index is 14.9. The molecule has 0 saturated carbocycles. The molecule has 354 valence electrons. The molecule has 2 aromatic carbocycles. The van der Waals surface area contributed by atoms with Gasteiger partial charge >= 0.3 is 7.82 Å². The van der Waals surface area contributed by atoms with E-state index in [0.717, 1.165) is 24.8 Å². The number of nitrogen functional groups attached to an aromatic ring is 2. The second-order valence-corrected chi connectivity index (χ2v) is 20.2. The Balaban J connectivity index is 1.05. The lowest BCUT2D eigenvalue weighted by Crippen LogP contribution is -2.44. The fraction of sp³-hybridized carbons (Fsp3) is 0.633. The summed E-state index contributed by atoms with van der Waals surface area (Å²) in [4.78, 5) is 4.12. The van der Waals surface area contributed by atoms with Crippen molar-refractivity contribution in [1.29, 1.82) is 0 Å². The third-order valence-electron chi connectivity index (χ3n) is 12.3. The molecule has 2 aliphatic rings. The molecular formula is C49H73ClN5O8P. The van der Waals surface area contributed by atoms with Gasteiger partial charge in [0.2, 0.25) is 0 Å². The van der Waals surface area contributed by atoms with Crippen LogP contribution in [-0.4, -0.2) is 57.5 Å². The van der Waals surface area contributed by atoms with Gasteiger partial charge in [-0.3, -0.25) is 9.05 Å². The lowest BCUT2D eigenvalue weighted by molar-refractivity contribution is -0.212. The highest BCUT2D eigenvalue weighted by Crippen LogP contribution is 2.55. The number of ether oxygens (including phenoxy) is 4. The van der Waals surface area contributed by atoms with Gasteiger partial charge in [-0.15, -0.1) is 0 Å². The SMILES string of the molecule is CCCCCCCCCCCCCCCCCCC[C@H](COP(=O)(OC[C@@]1(C)O[C@@H](c2ccc3c(N)ncnn23)[C@@H]2OC(C)(C)O[C@@H]21)Oc1ccccc1Cl)OCc1cccc(N)c1. The normalized spacial score (nSPS) is 21.9. The van der Waals surface area contributed by atoms with Gasteiger partial charge in [0, 0.05) is 5.69 Å². The molecule has 2 saturated heterocycles. The first-order chi connectivity index (χ1) is 30.9. The Morgan fingerprint density at radius 1 is 0.797 bits per heavy atom. The molecule has 6 atom stereocenters. The number of phosphoric acid groups is 1. The topological polar surface area (TPSA) is 164 Å².